The first-order valence-electron chi connectivity index (χ1n) is 10.4. The Kier molecular flexibility index (Phi) is 6.97. The van der Waals surface area contributed by atoms with E-state index in [1.54, 1.807) is 23.6 Å². The molecule has 1 amide bonds. The average molecular weight is 494 g/mol. The molecule has 1 aromatic heterocycles. The number of non-ortho nitro benzene ring substituents is 1. The fourth-order valence-corrected chi connectivity index (χ4v) is 4.09. The van der Waals surface area contributed by atoms with E-state index in [4.69, 9.17) is 9.47 Å². The summed E-state index contributed by atoms with van der Waals surface area (Å²) in [7, 11) is 0. The molecule has 1 aliphatic rings. The van der Waals surface area contributed by atoms with Crippen molar-refractivity contribution in [3.05, 3.63) is 86.6 Å². The van der Waals surface area contributed by atoms with Gasteiger partial charge in [-0.1, -0.05) is 12.1 Å². The number of nitro groups is 1. The third kappa shape index (κ3) is 5.58. The zero-order chi connectivity index (χ0) is 24.9. The highest BCUT2D eigenvalue weighted by Crippen LogP contribution is 2.28. The summed E-state index contributed by atoms with van der Waals surface area (Å²) in [6.07, 6.45) is -0.125. The summed E-state index contributed by atoms with van der Waals surface area (Å²) in [6.45, 7) is -0.522. The van der Waals surface area contributed by atoms with Gasteiger partial charge >= 0.3 is 11.9 Å². The van der Waals surface area contributed by atoms with Crippen molar-refractivity contribution in [2.75, 3.05) is 18.1 Å². The zero-order valence-corrected chi connectivity index (χ0v) is 18.9. The molecule has 10 nitrogen and oxygen atoms in total. The summed E-state index contributed by atoms with van der Waals surface area (Å²) < 4.78 is 10.4. The monoisotopic (exact) mass is 494 g/mol. The predicted molar refractivity (Wildman–Crippen MR) is 125 cm³/mol. The van der Waals surface area contributed by atoms with Crippen molar-refractivity contribution >= 4 is 46.3 Å². The fraction of sp³-hybridized carbons (Fsp3) is 0.167. The molecule has 1 atom stereocenters. The summed E-state index contributed by atoms with van der Waals surface area (Å²) in [4.78, 5) is 61.4. The van der Waals surface area contributed by atoms with E-state index in [1.807, 2.05) is 0 Å². The third-order valence-electron chi connectivity index (χ3n) is 5.27. The standard InChI is InChI=1S/C24H18N2O8S/c27-20(15-6-8-19(9-7-15)34-24(30)21-5-2-10-35-21)14-33-23(29)16-11-22(28)25(13-16)17-3-1-4-18(12-17)26(31)32/h1-10,12,16H,11,13-14H2/t16-/m0/s1. The van der Waals surface area contributed by atoms with Crippen molar-refractivity contribution in [1.29, 1.82) is 0 Å². The van der Waals surface area contributed by atoms with Crippen molar-refractivity contribution < 1.29 is 33.6 Å². The first-order valence-corrected chi connectivity index (χ1v) is 11.3. The normalized spacial score (nSPS) is 15.0. The molecule has 0 bridgehead atoms. The minimum absolute atomic E-state index is 0.00265. The fourth-order valence-electron chi connectivity index (χ4n) is 3.49. The molecule has 1 saturated heterocycles. The number of esters is 2. The van der Waals surface area contributed by atoms with E-state index in [1.165, 1.54) is 58.7 Å². The average Bonchev–Trinajstić information content (AvgIpc) is 3.53. The maximum absolute atomic E-state index is 12.4. The number of nitrogens with zero attached hydrogens (tertiary/aromatic N) is 2. The van der Waals surface area contributed by atoms with E-state index in [0.29, 0.717) is 10.6 Å². The van der Waals surface area contributed by atoms with Gasteiger partial charge in [0.15, 0.2) is 12.4 Å². The number of hydrogen-bond acceptors (Lipinski definition) is 9. The van der Waals surface area contributed by atoms with Gasteiger partial charge in [-0.2, -0.15) is 0 Å². The molecule has 3 aromatic rings. The summed E-state index contributed by atoms with van der Waals surface area (Å²) in [5.41, 5.74) is 0.407. The van der Waals surface area contributed by atoms with E-state index in [2.05, 4.69) is 0 Å². The molecule has 0 saturated carbocycles. The van der Waals surface area contributed by atoms with Gasteiger partial charge < -0.3 is 14.4 Å². The number of rotatable bonds is 8. The number of hydrogen-bond donors (Lipinski definition) is 0. The SMILES string of the molecule is O=C(COC(=O)[C@H]1CC(=O)N(c2cccc([N+](=O)[O-])c2)C1)c1ccc(OC(=O)c2cccs2)cc1. The van der Waals surface area contributed by atoms with Crippen LogP contribution in [0.15, 0.2) is 66.0 Å². The lowest BCUT2D eigenvalue weighted by molar-refractivity contribution is -0.384. The second-order valence-corrected chi connectivity index (χ2v) is 8.55. The molecule has 178 valence electrons. The number of benzene rings is 2. The smallest absolute Gasteiger partial charge is 0.353 e. The molecule has 0 spiro atoms. The van der Waals surface area contributed by atoms with Crippen LogP contribution in [0.2, 0.25) is 0 Å². The summed E-state index contributed by atoms with van der Waals surface area (Å²) in [5, 5.41) is 12.7. The third-order valence-corrected chi connectivity index (χ3v) is 6.12. The van der Waals surface area contributed by atoms with E-state index >= 15 is 0 Å². The number of nitro benzene ring substituents is 1. The van der Waals surface area contributed by atoms with E-state index < -0.39 is 35.2 Å². The molecule has 2 heterocycles. The van der Waals surface area contributed by atoms with Gasteiger partial charge in [-0.15, -0.1) is 11.3 Å². The molecule has 35 heavy (non-hydrogen) atoms. The molecule has 0 N–H and O–H groups in total. The zero-order valence-electron chi connectivity index (χ0n) is 18.1. The van der Waals surface area contributed by atoms with Crippen LogP contribution in [0.3, 0.4) is 0 Å². The molecule has 4 rings (SSSR count). The highest BCUT2D eigenvalue weighted by Gasteiger charge is 2.36. The lowest BCUT2D eigenvalue weighted by Gasteiger charge is -2.16. The Morgan fingerprint density at radius 3 is 2.54 bits per heavy atom. The quantitative estimate of drug-likeness (QED) is 0.152. The predicted octanol–water partition coefficient (Wildman–Crippen LogP) is 3.65. The Hall–Kier alpha value is -4.38. The van der Waals surface area contributed by atoms with Gasteiger partial charge in [-0.25, -0.2) is 4.79 Å². The van der Waals surface area contributed by atoms with Crippen LogP contribution in [-0.2, 0) is 14.3 Å². The van der Waals surface area contributed by atoms with E-state index in [0.717, 1.165) is 0 Å². The van der Waals surface area contributed by atoms with Gasteiger partial charge in [0.1, 0.15) is 10.6 Å². The van der Waals surface area contributed by atoms with Gasteiger partial charge in [-0.3, -0.25) is 24.5 Å². The van der Waals surface area contributed by atoms with Crippen LogP contribution < -0.4 is 9.64 Å². The van der Waals surface area contributed by atoms with Gasteiger partial charge in [0.2, 0.25) is 5.91 Å². The molecular formula is C24H18N2O8S. The van der Waals surface area contributed by atoms with Crippen LogP contribution in [0, 0.1) is 16.0 Å². The van der Waals surface area contributed by atoms with Gasteiger partial charge in [0.05, 0.1) is 16.5 Å². The molecule has 1 aliphatic heterocycles. The highest BCUT2D eigenvalue weighted by molar-refractivity contribution is 7.12. The molecule has 0 radical (unpaired) electrons. The Balaban J connectivity index is 1.30. The number of anilines is 1. The van der Waals surface area contributed by atoms with Gasteiger partial charge in [0, 0.05) is 30.7 Å². The van der Waals surface area contributed by atoms with Crippen LogP contribution >= 0.6 is 11.3 Å². The summed E-state index contributed by atoms with van der Waals surface area (Å²) >= 11 is 1.25. The Morgan fingerprint density at radius 1 is 1.09 bits per heavy atom. The van der Waals surface area contributed by atoms with Crippen molar-refractivity contribution in [3.8, 4) is 5.75 Å². The number of ether oxygens (including phenoxy) is 2. The minimum Gasteiger partial charge on any atom is -0.457 e. The maximum Gasteiger partial charge on any atom is 0.353 e. The molecule has 11 heteroatoms. The van der Waals surface area contributed by atoms with Crippen LogP contribution in [-0.4, -0.2) is 41.7 Å². The second-order valence-electron chi connectivity index (χ2n) is 7.60. The molecule has 0 aliphatic carbocycles. The molecule has 0 unspecified atom stereocenters. The Morgan fingerprint density at radius 2 is 1.86 bits per heavy atom. The number of Topliss-reactive ketones (excluding diaryl/α,β-unsaturated/α-hetero) is 1. The summed E-state index contributed by atoms with van der Waals surface area (Å²) in [6, 6.07) is 14.8. The molecule has 2 aromatic carbocycles. The summed E-state index contributed by atoms with van der Waals surface area (Å²) in [5.74, 6) is -2.57. The van der Waals surface area contributed by atoms with E-state index in [-0.39, 0.29) is 35.9 Å². The van der Waals surface area contributed by atoms with Crippen molar-refractivity contribution in [1.82, 2.24) is 0 Å². The van der Waals surface area contributed by atoms with Crippen LogP contribution in [0.4, 0.5) is 11.4 Å². The number of thiophene rings is 1. The van der Waals surface area contributed by atoms with Crippen molar-refractivity contribution in [3.63, 3.8) is 0 Å². The van der Waals surface area contributed by atoms with Gasteiger partial charge in [0.25, 0.3) is 5.69 Å². The largest absolute Gasteiger partial charge is 0.457 e. The molecular weight excluding hydrogens is 476 g/mol. The first kappa shape index (κ1) is 23.8. The number of amides is 1. The second kappa shape index (κ2) is 10.3. The van der Waals surface area contributed by atoms with Crippen LogP contribution in [0.1, 0.15) is 26.5 Å². The topological polar surface area (TPSA) is 133 Å². The minimum atomic E-state index is -0.798. The highest BCUT2D eigenvalue weighted by atomic mass is 32.1. The maximum atomic E-state index is 12.4. The number of ketones is 1. The van der Waals surface area contributed by atoms with Crippen LogP contribution in [0.5, 0.6) is 5.75 Å². The number of carbonyl (C=O) groups is 4. The number of carbonyl (C=O) groups excluding carboxylic acids is 4. The Bertz CT molecular complexity index is 1290. The lowest BCUT2D eigenvalue weighted by Crippen LogP contribution is -2.27. The van der Waals surface area contributed by atoms with E-state index in [9.17, 15) is 29.3 Å². The lowest BCUT2D eigenvalue weighted by atomic mass is 10.1. The van der Waals surface area contributed by atoms with Crippen molar-refractivity contribution in [2.45, 2.75) is 6.42 Å². The first-order chi connectivity index (χ1) is 16.8. The van der Waals surface area contributed by atoms with Crippen LogP contribution in [0.25, 0.3) is 0 Å². The Labute approximate surface area is 202 Å². The van der Waals surface area contributed by atoms with Crippen molar-refractivity contribution in [2.24, 2.45) is 5.92 Å². The van der Waals surface area contributed by atoms with Gasteiger partial charge in [-0.05, 0) is 41.8 Å². The molecule has 1 fully saturated rings.